The molecule has 0 radical (unpaired) electrons. The van der Waals surface area contributed by atoms with Gasteiger partial charge in [0.05, 0.1) is 5.69 Å². The molecule has 1 atom stereocenters. The number of carbonyl (C=O) groups is 1. The van der Waals surface area contributed by atoms with Gasteiger partial charge in [-0.15, -0.1) is 0 Å². The van der Waals surface area contributed by atoms with E-state index in [9.17, 15) is 14.8 Å². The summed E-state index contributed by atoms with van der Waals surface area (Å²) < 4.78 is 0. The summed E-state index contributed by atoms with van der Waals surface area (Å²) in [6.45, 7) is 2.61. The minimum absolute atomic E-state index is 0.0879. The van der Waals surface area contributed by atoms with Gasteiger partial charge in [0, 0.05) is 29.4 Å². The standard InChI is InChI=1S/C26H30BN5O3/c1-16-13-21-19(24(28)33)10-6-12-23(21)32(16)26-30-22-11-4-2-3-9-20(22)25(31-26)29-15-17-7-5-8-18(14-17)27(34)35/h5-8,10,12,14,16,34-35H,2-4,9,11,13,15H2,1H3,(H2,28,33)(H,29,30,31). The van der Waals surface area contributed by atoms with Gasteiger partial charge >= 0.3 is 7.12 Å². The number of primary amides is 1. The van der Waals surface area contributed by atoms with Crippen LogP contribution in [0.2, 0.25) is 0 Å². The highest BCUT2D eigenvalue weighted by Gasteiger charge is 2.33. The van der Waals surface area contributed by atoms with Gasteiger partial charge in [-0.2, -0.15) is 4.98 Å². The number of benzene rings is 2. The summed E-state index contributed by atoms with van der Waals surface area (Å²) in [4.78, 5) is 24.1. The first-order chi connectivity index (χ1) is 16.9. The number of carbonyl (C=O) groups excluding carboxylic acids is 1. The Morgan fingerprint density at radius 2 is 1.91 bits per heavy atom. The molecule has 1 aliphatic heterocycles. The van der Waals surface area contributed by atoms with E-state index < -0.39 is 13.0 Å². The zero-order valence-electron chi connectivity index (χ0n) is 19.9. The van der Waals surface area contributed by atoms with Gasteiger partial charge in [-0.05, 0) is 67.8 Å². The molecule has 35 heavy (non-hydrogen) atoms. The summed E-state index contributed by atoms with van der Waals surface area (Å²) in [7, 11) is -1.50. The number of aromatic nitrogens is 2. The molecule has 1 unspecified atom stereocenters. The van der Waals surface area contributed by atoms with E-state index in [4.69, 9.17) is 15.7 Å². The Kier molecular flexibility index (Phi) is 6.45. The van der Waals surface area contributed by atoms with E-state index in [1.54, 1.807) is 18.2 Å². The number of anilines is 3. The second kappa shape index (κ2) is 9.68. The van der Waals surface area contributed by atoms with Crippen molar-refractivity contribution in [3.63, 3.8) is 0 Å². The highest BCUT2D eigenvalue weighted by molar-refractivity contribution is 6.58. The third-order valence-electron chi connectivity index (χ3n) is 6.96. The highest BCUT2D eigenvalue weighted by Crippen LogP contribution is 2.40. The molecule has 1 aromatic heterocycles. The van der Waals surface area contributed by atoms with E-state index in [0.717, 1.165) is 66.0 Å². The summed E-state index contributed by atoms with van der Waals surface area (Å²) in [5.74, 6) is 1.02. The van der Waals surface area contributed by atoms with Crippen molar-refractivity contribution < 1.29 is 14.8 Å². The molecule has 1 aliphatic carbocycles. The number of hydrogen-bond donors (Lipinski definition) is 4. The number of rotatable bonds is 6. The molecule has 5 rings (SSSR count). The fraction of sp³-hybridized carbons (Fsp3) is 0.346. The molecule has 3 aromatic rings. The molecular formula is C26H30BN5O3. The Labute approximate surface area is 205 Å². The third-order valence-corrected chi connectivity index (χ3v) is 6.96. The fourth-order valence-corrected chi connectivity index (χ4v) is 5.24. The number of fused-ring (bicyclic) bond motifs is 2. The maximum atomic E-state index is 12.0. The Balaban J connectivity index is 1.53. The normalized spacial score (nSPS) is 16.9. The average Bonchev–Trinajstić information content (AvgIpc) is 3.00. The fourth-order valence-electron chi connectivity index (χ4n) is 5.24. The zero-order valence-corrected chi connectivity index (χ0v) is 19.9. The van der Waals surface area contributed by atoms with Crippen molar-refractivity contribution in [3.8, 4) is 0 Å². The first kappa shape index (κ1) is 23.3. The minimum Gasteiger partial charge on any atom is -0.423 e. The van der Waals surface area contributed by atoms with E-state index in [2.05, 4.69) is 17.1 Å². The summed E-state index contributed by atoms with van der Waals surface area (Å²) in [6, 6.07) is 13.0. The smallest absolute Gasteiger partial charge is 0.423 e. The largest absolute Gasteiger partial charge is 0.488 e. The van der Waals surface area contributed by atoms with Crippen LogP contribution in [0.15, 0.2) is 42.5 Å². The van der Waals surface area contributed by atoms with Crippen LogP contribution in [0.3, 0.4) is 0 Å². The molecule has 8 nitrogen and oxygen atoms in total. The molecule has 5 N–H and O–H groups in total. The lowest BCUT2D eigenvalue weighted by atomic mass is 9.79. The quantitative estimate of drug-likeness (QED) is 0.321. The van der Waals surface area contributed by atoms with E-state index in [1.807, 2.05) is 24.3 Å². The van der Waals surface area contributed by atoms with Crippen molar-refractivity contribution in [2.24, 2.45) is 5.73 Å². The van der Waals surface area contributed by atoms with Crippen LogP contribution in [0.4, 0.5) is 17.5 Å². The van der Waals surface area contributed by atoms with Gasteiger partial charge in [-0.3, -0.25) is 4.79 Å². The Morgan fingerprint density at radius 3 is 2.71 bits per heavy atom. The van der Waals surface area contributed by atoms with Gasteiger partial charge in [0.25, 0.3) is 0 Å². The van der Waals surface area contributed by atoms with Gasteiger partial charge in [-0.25, -0.2) is 4.98 Å². The molecule has 0 saturated heterocycles. The van der Waals surface area contributed by atoms with Crippen LogP contribution in [0.5, 0.6) is 0 Å². The van der Waals surface area contributed by atoms with Crippen LogP contribution in [0.25, 0.3) is 0 Å². The summed E-state index contributed by atoms with van der Waals surface area (Å²) >= 11 is 0. The second-order valence-corrected chi connectivity index (χ2v) is 9.42. The molecule has 1 amide bonds. The van der Waals surface area contributed by atoms with Crippen LogP contribution in [-0.4, -0.2) is 39.1 Å². The second-order valence-electron chi connectivity index (χ2n) is 9.42. The van der Waals surface area contributed by atoms with Crippen molar-refractivity contribution in [2.75, 3.05) is 10.2 Å². The van der Waals surface area contributed by atoms with Gasteiger partial charge in [0.1, 0.15) is 5.82 Å². The van der Waals surface area contributed by atoms with Gasteiger partial charge in [0.2, 0.25) is 11.9 Å². The number of hydrogen-bond acceptors (Lipinski definition) is 7. The molecule has 0 spiro atoms. The van der Waals surface area contributed by atoms with Crippen LogP contribution in [-0.2, 0) is 25.8 Å². The Hall–Kier alpha value is -3.43. The van der Waals surface area contributed by atoms with Gasteiger partial charge in [-0.1, -0.05) is 36.8 Å². The van der Waals surface area contributed by atoms with Crippen molar-refractivity contribution >= 4 is 35.9 Å². The van der Waals surface area contributed by atoms with Crippen molar-refractivity contribution in [2.45, 2.75) is 58.0 Å². The first-order valence-electron chi connectivity index (χ1n) is 12.2. The monoisotopic (exact) mass is 471 g/mol. The SMILES string of the molecule is CC1Cc2c(C(N)=O)cccc2N1c1nc2c(c(NCc3cccc(B(O)O)c3)n1)CCCCC2. The minimum atomic E-state index is -1.50. The summed E-state index contributed by atoms with van der Waals surface area (Å²) in [6.07, 6.45) is 5.88. The average molecular weight is 471 g/mol. The van der Waals surface area contributed by atoms with Crippen LogP contribution in [0.1, 0.15) is 58.9 Å². The lowest BCUT2D eigenvalue weighted by Gasteiger charge is -2.25. The zero-order chi connectivity index (χ0) is 24.5. The van der Waals surface area contributed by atoms with Crippen LogP contribution < -0.4 is 21.4 Å². The highest BCUT2D eigenvalue weighted by atomic mass is 16.4. The lowest BCUT2D eigenvalue weighted by Crippen LogP contribution is -2.30. The Bertz CT molecular complexity index is 1270. The van der Waals surface area contributed by atoms with Crippen molar-refractivity contribution in [1.29, 1.82) is 0 Å². The molecule has 0 fully saturated rings. The van der Waals surface area contributed by atoms with Crippen LogP contribution >= 0.6 is 0 Å². The number of nitrogens with zero attached hydrogens (tertiary/aromatic N) is 3. The topological polar surface area (TPSA) is 125 Å². The maximum Gasteiger partial charge on any atom is 0.488 e. The van der Waals surface area contributed by atoms with E-state index in [1.165, 1.54) is 0 Å². The predicted octanol–water partition coefficient (Wildman–Crippen LogP) is 2.22. The molecule has 2 heterocycles. The lowest BCUT2D eigenvalue weighted by molar-refractivity contribution is 0.0999. The van der Waals surface area contributed by atoms with E-state index in [0.29, 0.717) is 29.9 Å². The third kappa shape index (κ3) is 4.61. The predicted molar refractivity (Wildman–Crippen MR) is 137 cm³/mol. The van der Waals surface area contributed by atoms with Gasteiger partial charge < -0.3 is 26.0 Å². The van der Waals surface area contributed by atoms with E-state index >= 15 is 0 Å². The molecule has 180 valence electrons. The molecular weight excluding hydrogens is 441 g/mol. The number of nitrogens with two attached hydrogens (primary N) is 1. The van der Waals surface area contributed by atoms with Crippen LogP contribution in [0, 0.1) is 0 Å². The number of amides is 1. The summed E-state index contributed by atoms with van der Waals surface area (Å²) in [5.41, 5.74) is 11.7. The molecule has 2 aliphatic rings. The van der Waals surface area contributed by atoms with E-state index in [-0.39, 0.29) is 6.04 Å². The maximum absolute atomic E-state index is 12.0. The van der Waals surface area contributed by atoms with Crippen molar-refractivity contribution in [3.05, 3.63) is 70.4 Å². The first-order valence-corrected chi connectivity index (χ1v) is 12.2. The number of nitrogens with one attached hydrogen (secondary N) is 1. The Morgan fingerprint density at radius 1 is 1.11 bits per heavy atom. The van der Waals surface area contributed by atoms with Crippen molar-refractivity contribution in [1.82, 2.24) is 9.97 Å². The molecule has 0 saturated carbocycles. The number of aryl methyl sites for hydroxylation is 1. The molecule has 2 aromatic carbocycles. The summed E-state index contributed by atoms with van der Waals surface area (Å²) in [5, 5.41) is 22.5. The molecule has 9 heteroatoms. The molecule has 0 bridgehead atoms. The van der Waals surface area contributed by atoms with Gasteiger partial charge in [0.15, 0.2) is 0 Å².